The van der Waals surface area contributed by atoms with Gasteiger partial charge in [0, 0.05) is 31.9 Å². The van der Waals surface area contributed by atoms with Crippen LogP contribution in [0.1, 0.15) is 30.8 Å². The Kier molecular flexibility index (Phi) is 5.04. The second-order valence-corrected chi connectivity index (χ2v) is 8.81. The quantitative estimate of drug-likeness (QED) is 0.352. The molecule has 0 radical (unpaired) electrons. The largest absolute Gasteiger partial charge is 0.348 e. The molecule has 1 N–H and O–H groups in total. The predicted molar refractivity (Wildman–Crippen MR) is 129 cm³/mol. The summed E-state index contributed by atoms with van der Waals surface area (Å²) in [6.45, 7) is 4.06. The molecule has 0 bridgehead atoms. The molecule has 0 saturated carbocycles. The minimum Gasteiger partial charge on any atom is -0.348 e. The third kappa shape index (κ3) is 3.51. The summed E-state index contributed by atoms with van der Waals surface area (Å²) >= 11 is 1.82. The van der Waals surface area contributed by atoms with Gasteiger partial charge in [-0.05, 0) is 42.7 Å². The van der Waals surface area contributed by atoms with E-state index in [0.29, 0.717) is 5.69 Å². The maximum absolute atomic E-state index is 12.7. The zero-order chi connectivity index (χ0) is 21.4. The van der Waals surface area contributed by atoms with Crippen molar-refractivity contribution in [1.82, 2.24) is 14.9 Å². The lowest BCUT2D eigenvalue weighted by Crippen LogP contribution is -2.33. The van der Waals surface area contributed by atoms with Crippen LogP contribution in [0.3, 0.4) is 0 Å². The molecule has 4 nitrogen and oxygen atoms in total. The van der Waals surface area contributed by atoms with Crippen molar-refractivity contribution in [1.29, 1.82) is 0 Å². The van der Waals surface area contributed by atoms with E-state index in [9.17, 15) is 4.79 Å². The predicted octanol–water partition coefficient (Wildman–Crippen LogP) is 6.44. The number of carbonyl (C=O) groups excluding carboxylic acids is 1. The Morgan fingerprint density at radius 3 is 2.74 bits per heavy atom. The number of aromatic nitrogens is 2. The van der Waals surface area contributed by atoms with Gasteiger partial charge in [0.1, 0.15) is 5.69 Å². The third-order valence-corrected chi connectivity index (χ3v) is 6.92. The number of thiophene rings is 1. The first-order valence-electron chi connectivity index (χ1n) is 10.5. The van der Waals surface area contributed by atoms with Crippen LogP contribution in [0.4, 0.5) is 0 Å². The van der Waals surface area contributed by atoms with E-state index < -0.39 is 0 Å². The van der Waals surface area contributed by atoms with Gasteiger partial charge < -0.3 is 5.32 Å². The molecule has 0 fully saturated rings. The maximum atomic E-state index is 12.7. The standard InChI is InChI=1S/C26H23N3OS/c1-3-17(2)28-26(30)23-15-27-16-29(23)19-9-6-8-18(14-19)20-11-7-12-22-21-10-4-5-13-24(21)31-25(20)22/h4-17H,3H2,1-2H3,(H,28,30). The van der Waals surface area contributed by atoms with E-state index in [1.54, 1.807) is 12.5 Å². The van der Waals surface area contributed by atoms with Gasteiger partial charge in [-0.2, -0.15) is 0 Å². The highest BCUT2D eigenvalue weighted by Gasteiger charge is 2.16. The average molecular weight is 426 g/mol. The van der Waals surface area contributed by atoms with Crippen molar-refractivity contribution in [3.8, 4) is 16.8 Å². The molecule has 2 heterocycles. The molecule has 5 rings (SSSR count). The number of carbonyl (C=O) groups is 1. The molecule has 1 amide bonds. The summed E-state index contributed by atoms with van der Waals surface area (Å²) in [5.41, 5.74) is 3.78. The Labute approximate surface area is 185 Å². The highest BCUT2D eigenvalue weighted by molar-refractivity contribution is 7.26. The molecule has 5 heteroatoms. The number of hydrogen-bond acceptors (Lipinski definition) is 3. The molecule has 0 aliphatic rings. The number of rotatable bonds is 5. The molecular formula is C26H23N3OS. The summed E-state index contributed by atoms with van der Waals surface area (Å²) in [6, 6.07) is 23.4. The third-order valence-electron chi connectivity index (χ3n) is 5.70. The lowest BCUT2D eigenvalue weighted by molar-refractivity contribution is 0.0932. The Balaban J connectivity index is 1.59. The van der Waals surface area contributed by atoms with E-state index in [2.05, 4.69) is 71.8 Å². The molecule has 31 heavy (non-hydrogen) atoms. The lowest BCUT2D eigenvalue weighted by atomic mass is 10.0. The summed E-state index contributed by atoms with van der Waals surface area (Å²) in [5, 5.41) is 5.60. The summed E-state index contributed by atoms with van der Waals surface area (Å²) < 4.78 is 4.42. The first-order valence-corrected chi connectivity index (χ1v) is 11.3. The second-order valence-electron chi connectivity index (χ2n) is 7.76. The number of benzene rings is 3. The SMILES string of the molecule is CCC(C)NC(=O)c1cncn1-c1cccc(-c2cccc3c2sc2ccccc23)c1. The Morgan fingerprint density at radius 1 is 1.06 bits per heavy atom. The van der Waals surface area contributed by atoms with Crippen LogP contribution in [0.2, 0.25) is 0 Å². The van der Waals surface area contributed by atoms with Crippen molar-refractivity contribution in [2.75, 3.05) is 0 Å². The average Bonchev–Trinajstić information content (AvgIpc) is 3.44. The van der Waals surface area contributed by atoms with Gasteiger partial charge in [0.05, 0.1) is 12.5 Å². The van der Waals surface area contributed by atoms with Crippen LogP contribution in [-0.2, 0) is 0 Å². The van der Waals surface area contributed by atoms with E-state index in [-0.39, 0.29) is 11.9 Å². The van der Waals surface area contributed by atoms with Gasteiger partial charge in [-0.1, -0.05) is 55.5 Å². The zero-order valence-corrected chi connectivity index (χ0v) is 18.3. The van der Waals surface area contributed by atoms with Gasteiger partial charge in [0.15, 0.2) is 0 Å². The molecule has 0 aliphatic heterocycles. The van der Waals surface area contributed by atoms with Crippen molar-refractivity contribution in [3.05, 3.63) is 84.9 Å². The molecule has 0 saturated heterocycles. The minimum atomic E-state index is -0.108. The van der Waals surface area contributed by atoms with Crippen LogP contribution >= 0.6 is 11.3 Å². The molecule has 0 aliphatic carbocycles. The normalized spacial score (nSPS) is 12.3. The molecule has 1 atom stereocenters. The first-order chi connectivity index (χ1) is 15.2. The number of nitrogens with one attached hydrogen (secondary N) is 1. The Morgan fingerprint density at radius 2 is 1.87 bits per heavy atom. The van der Waals surface area contributed by atoms with Crippen LogP contribution < -0.4 is 5.32 Å². The van der Waals surface area contributed by atoms with Crippen LogP contribution in [0.5, 0.6) is 0 Å². The van der Waals surface area contributed by atoms with Crippen LogP contribution in [0, 0.1) is 0 Å². The van der Waals surface area contributed by atoms with Gasteiger partial charge in [0.2, 0.25) is 0 Å². The molecule has 154 valence electrons. The Bertz CT molecular complexity index is 1400. The Hall–Kier alpha value is -3.44. The summed E-state index contributed by atoms with van der Waals surface area (Å²) in [6.07, 6.45) is 4.20. The van der Waals surface area contributed by atoms with Crippen molar-refractivity contribution in [3.63, 3.8) is 0 Å². The molecule has 2 aromatic heterocycles. The molecule has 0 spiro atoms. The molecular weight excluding hydrogens is 402 g/mol. The van der Waals surface area contributed by atoms with Gasteiger partial charge >= 0.3 is 0 Å². The fourth-order valence-electron chi connectivity index (χ4n) is 3.87. The van der Waals surface area contributed by atoms with Crippen molar-refractivity contribution >= 4 is 37.4 Å². The second kappa shape index (κ2) is 8.00. The lowest BCUT2D eigenvalue weighted by Gasteiger charge is -2.13. The monoisotopic (exact) mass is 425 g/mol. The van der Waals surface area contributed by atoms with Crippen molar-refractivity contribution in [2.45, 2.75) is 26.3 Å². The van der Waals surface area contributed by atoms with Crippen LogP contribution in [0.25, 0.3) is 37.0 Å². The van der Waals surface area contributed by atoms with E-state index in [4.69, 9.17) is 0 Å². The number of imidazole rings is 1. The van der Waals surface area contributed by atoms with Crippen LogP contribution in [0.15, 0.2) is 79.3 Å². The summed E-state index contributed by atoms with van der Waals surface area (Å²) in [4.78, 5) is 17.0. The fraction of sp³-hybridized carbons (Fsp3) is 0.154. The maximum Gasteiger partial charge on any atom is 0.270 e. The highest BCUT2D eigenvalue weighted by Crippen LogP contribution is 2.40. The number of hydrogen-bond donors (Lipinski definition) is 1. The first kappa shape index (κ1) is 19.5. The number of fused-ring (bicyclic) bond motifs is 3. The summed E-state index contributed by atoms with van der Waals surface area (Å²) in [7, 11) is 0. The number of nitrogens with zero attached hydrogens (tertiary/aromatic N) is 2. The van der Waals surface area contributed by atoms with E-state index in [0.717, 1.165) is 17.7 Å². The van der Waals surface area contributed by atoms with Gasteiger partial charge in [-0.25, -0.2) is 4.98 Å². The van der Waals surface area contributed by atoms with Crippen LogP contribution in [-0.4, -0.2) is 21.5 Å². The highest BCUT2D eigenvalue weighted by atomic mass is 32.1. The fourth-order valence-corrected chi connectivity index (χ4v) is 5.10. The van der Waals surface area contributed by atoms with Gasteiger partial charge in [-0.15, -0.1) is 11.3 Å². The van der Waals surface area contributed by atoms with E-state index >= 15 is 0 Å². The molecule has 1 unspecified atom stereocenters. The molecule has 3 aromatic carbocycles. The zero-order valence-electron chi connectivity index (χ0n) is 17.5. The molecule has 5 aromatic rings. The van der Waals surface area contributed by atoms with Crippen molar-refractivity contribution in [2.24, 2.45) is 0 Å². The minimum absolute atomic E-state index is 0.108. The van der Waals surface area contributed by atoms with Crippen molar-refractivity contribution < 1.29 is 4.79 Å². The van der Waals surface area contributed by atoms with E-state index in [1.807, 2.05) is 35.0 Å². The smallest absolute Gasteiger partial charge is 0.270 e. The number of amides is 1. The van der Waals surface area contributed by atoms with Gasteiger partial charge in [0.25, 0.3) is 5.91 Å². The summed E-state index contributed by atoms with van der Waals surface area (Å²) in [5.74, 6) is -0.108. The topological polar surface area (TPSA) is 46.9 Å². The van der Waals surface area contributed by atoms with E-state index in [1.165, 1.54) is 25.7 Å². The van der Waals surface area contributed by atoms with Gasteiger partial charge in [-0.3, -0.25) is 9.36 Å².